The second-order valence-electron chi connectivity index (χ2n) is 4.09. The molecule has 2 N–H and O–H groups in total. The minimum atomic E-state index is -0.0991. The van der Waals surface area contributed by atoms with E-state index in [1.807, 2.05) is 0 Å². The molecular formula is C12H17N3O2. The van der Waals surface area contributed by atoms with Gasteiger partial charge in [-0.2, -0.15) is 0 Å². The van der Waals surface area contributed by atoms with Gasteiger partial charge in [0.05, 0.1) is 18.9 Å². The number of carbonyl (C=O) groups excluding carboxylic acids is 1. The van der Waals surface area contributed by atoms with Crippen LogP contribution >= 0.6 is 0 Å². The highest BCUT2D eigenvalue weighted by Crippen LogP contribution is 2.15. The van der Waals surface area contributed by atoms with Gasteiger partial charge in [-0.25, -0.2) is 0 Å². The summed E-state index contributed by atoms with van der Waals surface area (Å²) in [4.78, 5) is 16.0. The summed E-state index contributed by atoms with van der Waals surface area (Å²) in [6, 6.07) is 1.87. The monoisotopic (exact) mass is 235 g/mol. The number of pyridine rings is 1. The Balaban J connectivity index is 2.03. The molecule has 1 aliphatic rings. The Kier molecular flexibility index (Phi) is 3.93. The van der Waals surface area contributed by atoms with Crippen LogP contribution in [0.4, 0.5) is 0 Å². The Labute approximate surface area is 101 Å². The van der Waals surface area contributed by atoms with E-state index in [1.165, 1.54) is 7.11 Å². The lowest BCUT2D eigenvalue weighted by molar-refractivity contribution is 0.0927. The van der Waals surface area contributed by atoms with Gasteiger partial charge in [0.2, 0.25) is 0 Å². The fourth-order valence-electron chi connectivity index (χ4n) is 1.97. The average Bonchev–Trinajstić information content (AvgIpc) is 2.40. The molecule has 1 aromatic rings. The van der Waals surface area contributed by atoms with Crippen LogP contribution in [0, 0.1) is 0 Å². The third-order valence-electron chi connectivity index (χ3n) is 2.88. The Morgan fingerprint density at radius 3 is 3.24 bits per heavy atom. The zero-order valence-corrected chi connectivity index (χ0v) is 9.90. The molecule has 1 saturated heterocycles. The summed E-state index contributed by atoms with van der Waals surface area (Å²) < 4.78 is 5.12. The maximum atomic E-state index is 12.0. The van der Waals surface area contributed by atoms with Gasteiger partial charge in [0.15, 0.2) is 0 Å². The summed E-state index contributed by atoms with van der Waals surface area (Å²) in [5, 5.41) is 6.26. The van der Waals surface area contributed by atoms with Crippen molar-refractivity contribution < 1.29 is 9.53 Å². The van der Waals surface area contributed by atoms with E-state index in [1.54, 1.807) is 18.5 Å². The summed E-state index contributed by atoms with van der Waals surface area (Å²) in [6.45, 7) is 1.87. The normalized spacial score (nSPS) is 19.7. The molecule has 92 valence electrons. The number of aromatic nitrogens is 1. The predicted molar refractivity (Wildman–Crippen MR) is 64.1 cm³/mol. The highest BCUT2D eigenvalue weighted by atomic mass is 16.5. The predicted octanol–water partition coefficient (Wildman–Crippen LogP) is 0.572. The molecule has 0 bridgehead atoms. The van der Waals surface area contributed by atoms with Gasteiger partial charge in [0.1, 0.15) is 5.75 Å². The number of methoxy groups -OCH3 is 1. The maximum Gasteiger partial charge on any atom is 0.255 e. The van der Waals surface area contributed by atoms with Gasteiger partial charge in [-0.15, -0.1) is 0 Å². The van der Waals surface area contributed by atoms with E-state index in [2.05, 4.69) is 15.6 Å². The number of hydrogen-bond donors (Lipinski definition) is 2. The first-order valence-corrected chi connectivity index (χ1v) is 5.81. The Hall–Kier alpha value is -1.62. The van der Waals surface area contributed by atoms with Crippen LogP contribution < -0.4 is 15.4 Å². The molecule has 1 amide bonds. The first kappa shape index (κ1) is 11.9. The van der Waals surface area contributed by atoms with Crippen molar-refractivity contribution in [3.8, 4) is 5.75 Å². The number of hydrogen-bond acceptors (Lipinski definition) is 4. The lowest BCUT2D eigenvalue weighted by atomic mass is 10.1. The second kappa shape index (κ2) is 5.63. The Morgan fingerprint density at radius 1 is 1.65 bits per heavy atom. The smallest absolute Gasteiger partial charge is 0.255 e. The first-order chi connectivity index (χ1) is 8.31. The van der Waals surface area contributed by atoms with Gasteiger partial charge in [-0.05, 0) is 25.5 Å². The van der Waals surface area contributed by atoms with Crippen LogP contribution in [-0.4, -0.2) is 37.1 Å². The molecular weight excluding hydrogens is 218 g/mol. The number of piperidine rings is 1. The van der Waals surface area contributed by atoms with Crippen LogP contribution in [0.15, 0.2) is 18.5 Å². The van der Waals surface area contributed by atoms with Crippen LogP contribution in [0.2, 0.25) is 0 Å². The highest BCUT2D eigenvalue weighted by molar-refractivity contribution is 5.96. The van der Waals surface area contributed by atoms with E-state index in [4.69, 9.17) is 4.74 Å². The fraction of sp³-hybridized carbons (Fsp3) is 0.500. The minimum absolute atomic E-state index is 0.0991. The fourth-order valence-corrected chi connectivity index (χ4v) is 1.97. The van der Waals surface area contributed by atoms with Gasteiger partial charge in [-0.1, -0.05) is 0 Å². The summed E-state index contributed by atoms with van der Waals surface area (Å²) in [5.74, 6) is 0.409. The van der Waals surface area contributed by atoms with Crippen LogP contribution in [0.5, 0.6) is 5.75 Å². The van der Waals surface area contributed by atoms with E-state index in [0.29, 0.717) is 11.3 Å². The summed E-state index contributed by atoms with van der Waals surface area (Å²) >= 11 is 0. The van der Waals surface area contributed by atoms with Crippen LogP contribution in [0.25, 0.3) is 0 Å². The quantitative estimate of drug-likeness (QED) is 0.804. The Morgan fingerprint density at radius 2 is 2.53 bits per heavy atom. The van der Waals surface area contributed by atoms with Crippen molar-refractivity contribution in [2.24, 2.45) is 0 Å². The highest BCUT2D eigenvalue weighted by Gasteiger charge is 2.18. The lowest BCUT2D eigenvalue weighted by Crippen LogP contribution is -2.45. The summed E-state index contributed by atoms with van der Waals surface area (Å²) in [7, 11) is 1.54. The Bertz CT molecular complexity index is 389. The largest absolute Gasteiger partial charge is 0.494 e. The number of rotatable bonds is 3. The molecule has 5 nitrogen and oxygen atoms in total. The molecule has 0 aromatic carbocycles. The molecule has 1 aromatic heterocycles. The number of carbonyl (C=O) groups is 1. The first-order valence-electron chi connectivity index (χ1n) is 5.81. The van der Waals surface area contributed by atoms with Crippen LogP contribution in [-0.2, 0) is 0 Å². The maximum absolute atomic E-state index is 12.0. The molecule has 0 spiro atoms. The van der Waals surface area contributed by atoms with Gasteiger partial charge >= 0.3 is 0 Å². The minimum Gasteiger partial charge on any atom is -0.494 e. The van der Waals surface area contributed by atoms with Crippen molar-refractivity contribution in [1.82, 2.24) is 15.6 Å². The molecule has 1 unspecified atom stereocenters. The number of ether oxygens (including phenoxy) is 1. The zero-order chi connectivity index (χ0) is 12.1. The average molecular weight is 235 g/mol. The molecule has 0 aliphatic carbocycles. The molecule has 5 heteroatoms. The summed E-state index contributed by atoms with van der Waals surface area (Å²) in [5.41, 5.74) is 0.535. The SMILES string of the molecule is COc1cnccc1C(=O)NC1CCCNC1. The van der Waals surface area contributed by atoms with E-state index in [9.17, 15) is 4.79 Å². The van der Waals surface area contributed by atoms with Crippen molar-refractivity contribution in [1.29, 1.82) is 0 Å². The molecule has 2 heterocycles. The summed E-state index contributed by atoms with van der Waals surface area (Å²) in [6.07, 6.45) is 5.26. The standard InChI is InChI=1S/C12H17N3O2/c1-17-11-8-14-6-4-10(11)12(16)15-9-3-2-5-13-7-9/h4,6,8-9,13H,2-3,5,7H2,1H3,(H,15,16). The zero-order valence-electron chi connectivity index (χ0n) is 9.90. The van der Waals surface area contributed by atoms with Crippen molar-refractivity contribution in [2.75, 3.05) is 20.2 Å². The third-order valence-corrected chi connectivity index (χ3v) is 2.88. The van der Waals surface area contributed by atoms with Crippen molar-refractivity contribution in [2.45, 2.75) is 18.9 Å². The molecule has 1 aliphatic heterocycles. The van der Waals surface area contributed by atoms with E-state index < -0.39 is 0 Å². The molecule has 2 rings (SSSR count). The van der Waals surface area contributed by atoms with Crippen molar-refractivity contribution in [3.63, 3.8) is 0 Å². The number of nitrogens with one attached hydrogen (secondary N) is 2. The third kappa shape index (κ3) is 2.94. The molecule has 17 heavy (non-hydrogen) atoms. The van der Waals surface area contributed by atoms with Crippen molar-refractivity contribution >= 4 is 5.91 Å². The number of nitrogens with zero attached hydrogens (tertiary/aromatic N) is 1. The van der Waals surface area contributed by atoms with Gasteiger partial charge in [-0.3, -0.25) is 9.78 Å². The molecule has 1 atom stereocenters. The van der Waals surface area contributed by atoms with Gasteiger partial charge < -0.3 is 15.4 Å². The van der Waals surface area contributed by atoms with Gasteiger partial charge in [0, 0.05) is 18.8 Å². The van der Waals surface area contributed by atoms with E-state index in [0.717, 1.165) is 25.9 Å². The second-order valence-corrected chi connectivity index (χ2v) is 4.09. The topological polar surface area (TPSA) is 63.2 Å². The molecule has 1 fully saturated rings. The van der Waals surface area contributed by atoms with Crippen molar-refractivity contribution in [3.05, 3.63) is 24.0 Å². The lowest BCUT2D eigenvalue weighted by Gasteiger charge is -2.24. The van der Waals surface area contributed by atoms with Gasteiger partial charge in [0.25, 0.3) is 5.91 Å². The molecule has 0 saturated carbocycles. The van der Waals surface area contributed by atoms with E-state index >= 15 is 0 Å². The number of amides is 1. The van der Waals surface area contributed by atoms with Crippen LogP contribution in [0.1, 0.15) is 23.2 Å². The van der Waals surface area contributed by atoms with Crippen LogP contribution in [0.3, 0.4) is 0 Å². The molecule has 0 radical (unpaired) electrons. The van der Waals surface area contributed by atoms with E-state index in [-0.39, 0.29) is 11.9 Å².